The number of ether oxygens (including phenoxy) is 2. The first-order valence-electron chi connectivity index (χ1n) is 13.1. The molecule has 1 saturated carbocycles. The zero-order chi connectivity index (χ0) is 24.0. The molecule has 2 aliphatic rings. The molecule has 5 heteroatoms. The van der Waals surface area contributed by atoms with E-state index in [1.165, 1.54) is 24.0 Å². The van der Waals surface area contributed by atoms with Gasteiger partial charge in [0, 0.05) is 0 Å². The van der Waals surface area contributed by atoms with Crippen molar-refractivity contribution in [2.24, 2.45) is 23.7 Å². The van der Waals surface area contributed by atoms with Crippen LogP contribution in [-0.2, 0) is 22.4 Å². The van der Waals surface area contributed by atoms with Gasteiger partial charge in [-0.3, -0.25) is 0 Å². The SMILES string of the molecule is CCCCC[C@@H](O)CCC1[C@H](O)C[C@@H]2Cc3c(cccc3OCC(=O)OC(C)C(C)C)C[C@H]12. The van der Waals surface area contributed by atoms with Gasteiger partial charge in [0.2, 0.25) is 0 Å². The molecule has 0 saturated heterocycles. The molecule has 0 spiro atoms. The van der Waals surface area contributed by atoms with Gasteiger partial charge in [-0.05, 0) is 86.3 Å². The van der Waals surface area contributed by atoms with Crippen molar-refractivity contribution in [2.45, 2.75) is 104 Å². The number of carbonyl (C=O) groups is 1. The Kier molecular flexibility index (Phi) is 9.63. The van der Waals surface area contributed by atoms with E-state index in [1.54, 1.807) is 0 Å². The van der Waals surface area contributed by atoms with Crippen LogP contribution >= 0.6 is 0 Å². The van der Waals surface area contributed by atoms with Crippen molar-refractivity contribution in [3.63, 3.8) is 0 Å². The molecule has 0 aromatic heterocycles. The van der Waals surface area contributed by atoms with Crippen LogP contribution in [-0.4, -0.2) is 41.1 Å². The number of esters is 1. The van der Waals surface area contributed by atoms with Crippen LogP contribution < -0.4 is 4.74 Å². The van der Waals surface area contributed by atoms with Crippen LogP contribution in [0.1, 0.15) is 83.8 Å². The van der Waals surface area contributed by atoms with Gasteiger partial charge in [0.15, 0.2) is 6.61 Å². The fourth-order valence-corrected chi connectivity index (χ4v) is 5.61. The number of unbranched alkanes of at least 4 members (excludes halogenated alkanes) is 2. The normalized spacial score (nSPS) is 25.9. The molecule has 1 aromatic rings. The lowest BCUT2D eigenvalue weighted by molar-refractivity contribution is -0.152. The van der Waals surface area contributed by atoms with Gasteiger partial charge in [0.25, 0.3) is 0 Å². The Morgan fingerprint density at radius 3 is 2.67 bits per heavy atom. The molecule has 0 bridgehead atoms. The Labute approximate surface area is 199 Å². The Morgan fingerprint density at radius 1 is 1.15 bits per heavy atom. The van der Waals surface area contributed by atoms with Crippen LogP contribution in [0, 0.1) is 23.7 Å². The van der Waals surface area contributed by atoms with E-state index in [1.807, 2.05) is 32.9 Å². The highest BCUT2D eigenvalue weighted by molar-refractivity contribution is 5.71. The third-order valence-corrected chi connectivity index (χ3v) is 7.92. The molecule has 0 heterocycles. The van der Waals surface area contributed by atoms with Gasteiger partial charge in [-0.1, -0.05) is 52.2 Å². The fraction of sp³-hybridized carbons (Fsp3) is 0.750. The summed E-state index contributed by atoms with van der Waals surface area (Å²) in [5.41, 5.74) is 2.44. The summed E-state index contributed by atoms with van der Waals surface area (Å²) in [6.45, 7) is 8.05. The van der Waals surface area contributed by atoms with Crippen LogP contribution in [0.2, 0.25) is 0 Å². The van der Waals surface area contributed by atoms with E-state index >= 15 is 0 Å². The van der Waals surface area contributed by atoms with Crippen LogP contribution in [0.4, 0.5) is 0 Å². The summed E-state index contributed by atoms with van der Waals surface area (Å²) < 4.78 is 11.3. The van der Waals surface area contributed by atoms with Crippen molar-refractivity contribution in [3.8, 4) is 5.75 Å². The number of rotatable bonds is 12. The number of carbonyl (C=O) groups excluding carboxylic acids is 1. The summed E-state index contributed by atoms with van der Waals surface area (Å²) in [5.74, 6) is 1.83. The minimum absolute atomic E-state index is 0.0806. The molecule has 0 aliphatic heterocycles. The van der Waals surface area contributed by atoms with E-state index in [9.17, 15) is 15.0 Å². The maximum atomic E-state index is 12.2. The van der Waals surface area contributed by atoms with Gasteiger partial charge in [0.05, 0.1) is 12.2 Å². The highest BCUT2D eigenvalue weighted by Gasteiger charge is 2.44. The van der Waals surface area contributed by atoms with Crippen molar-refractivity contribution in [3.05, 3.63) is 29.3 Å². The van der Waals surface area contributed by atoms with E-state index in [0.29, 0.717) is 11.8 Å². The van der Waals surface area contributed by atoms with Gasteiger partial charge in [-0.2, -0.15) is 0 Å². The first kappa shape index (κ1) is 26.0. The van der Waals surface area contributed by atoms with Crippen molar-refractivity contribution < 1.29 is 24.5 Å². The van der Waals surface area contributed by atoms with Crippen LogP contribution in [0.3, 0.4) is 0 Å². The Hall–Kier alpha value is -1.59. The summed E-state index contributed by atoms with van der Waals surface area (Å²) in [5, 5.41) is 21.2. The number of hydrogen-bond acceptors (Lipinski definition) is 5. The van der Waals surface area contributed by atoms with Crippen molar-refractivity contribution in [1.82, 2.24) is 0 Å². The number of aliphatic hydroxyl groups is 2. The number of fused-ring (bicyclic) bond motifs is 2. The second kappa shape index (κ2) is 12.2. The molecule has 1 aromatic carbocycles. The first-order valence-corrected chi connectivity index (χ1v) is 13.1. The summed E-state index contributed by atoms with van der Waals surface area (Å²) in [7, 11) is 0. The van der Waals surface area contributed by atoms with Crippen molar-refractivity contribution in [1.29, 1.82) is 0 Å². The summed E-state index contributed by atoms with van der Waals surface area (Å²) in [6.07, 6.45) is 7.89. The third kappa shape index (κ3) is 6.95. The van der Waals surface area contributed by atoms with Gasteiger partial charge < -0.3 is 19.7 Å². The maximum Gasteiger partial charge on any atom is 0.344 e. The van der Waals surface area contributed by atoms with Crippen LogP contribution in [0.15, 0.2) is 18.2 Å². The van der Waals surface area contributed by atoms with Gasteiger partial charge in [-0.15, -0.1) is 0 Å². The molecule has 186 valence electrons. The predicted octanol–water partition coefficient (Wildman–Crippen LogP) is 5.09. The average Bonchev–Trinajstić information content (AvgIpc) is 3.08. The molecule has 0 radical (unpaired) electrons. The van der Waals surface area contributed by atoms with Gasteiger partial charge in [0.1, 0.15) is 11.9 Å². The minimum atomic E-state index is -0.337. The lowest BCUT2D eigenvalue weighted by Gasteiger charge is -2.32. The van der Waals surface area contributed by atoms with E-state index in [0.717, 1.165) is 50.7 Å². The number of aliphatic hydroxyl groups excluding tert-OH is 2. The highest BCUT2D eigenvalue weighted by Crippen LogP contribution is 2.48. The zero-order valence-corrected chi connectivity index (χ0v) is 21.0. The molecule has 3 rings (SSSR count). The molecule has 33 heavy (non-hydrogen) atoms. The minimum Gasteiger partial charge on any atom is -0.482 e. The predicted molar refractivity (Wildman–Crippen MR) is 130 cm³/mol. The largest absolute Gasteiger partial charge is 0.482 e. The summed E-state index contributed by atoms with van der Waals surface area (Å²) in [6, 6.07) is 6.08. The Morgan fingerprint density at radius 2 is 1.94 bits per heavy atom. The second-order valence-corrected chi connectivity index (χ2v) is 10.6. The van der Waals surface area contributed by atoms with E-state index < -0.39 is 0 Å². The first-order chi connectivity index (χ1) is 15.8. The van der Waals surface area contributed by atoms with E-state index in [-0.39, 0.29) is 42.7 Å². The lowest BCUT2D eigenvalue weighted by atomic mass is 9.73. The van der Waals surface area contributed by atoms with E-state index in [4.69, 9.17) is 9.47 Å². The summed E-state index contributed by atoms with van der Waals surface area (Å²) in [4.78, 5) is 12.2. The van der Waals surface area contributed by atoms with Crippen molar-refractivity contribution in [2.75, 3.05) is 6.61 Å². The topological polar surface area (TPSA) is 76.0 Å². The second-order valence-electron chi connectivity index (χ2n) is 10.6. The fourth-order valence-electron chi connectivity index (χ4n) is 5.61. The molecule has 2 unspecified atom stereocenters. The molecule has 6 atom stereocenters. The molecular weight excluding hydrogens is 416 g/mol. The van der Waals surface area contributed by atoms with Crippen LogP contribution in [0.25, 0.3) is 0 Å². The quantitative estimate of drug-likeness (QED) is 0.336. The lowest BCUT2D eigenvalue weighted by Crippen LogP contribution is -2.28. The molecule has 2 N–H and O–H groups in total. The van der Waals surface area contributed by atoms with Crippen molar-refractivity contribution >= 4 is 5.97 Å². The maximum absolute atomic E-state index is 12.2. The molecule has 0 amide bonds. The number of hydrogen-bond donors (Lipinski definition) is 2. The summed E-state index contributed by atoms with van der Waals surface area (Å²) >= 11 is 0. The van der Waals surface area contributed by atoms with Gasteiger partial charge in [-0.25, -0.2) is 4.79 Å². The molecule has 1 fully saturated rings. The zero-order valence-electron chi connectivity index (χ0n) is 21.0. The van der Waals surface area contributed by atoms with Gasteiger partial charge >= 0.3 is 5.97 Å². The monoisotopic (exact) mass is 460 g/mol. The molecule has 2 aliphatic carbocycles. The molecular formula is C28H44O5. The van der Waals surface area contributed by atoms with Crippen LogP contribution in [0.5, 0.6) is 5.75 Å². The smallest absolute Gasteiger partial charge is 0.344 e. The Bertz CT molecular complexity index is 761. The average molecular weight is 461 g/mol. The third-order valence-electron chi connectivity index (χ3n) is 7.92. The number of benzene rings is 1. The highest BCUT2D eigenvalue weighted by atomic mass is 16.6. The standard InChI is InChI=1S/C28H44O5/c1-5-6-7-10-22(29)12-13-23-24-14-20-9-8-11-27(25(20)15-21(24)16-26(23)30)32-17-28(31)33-19(4)18(2)3/h8-9,11,18-19,21-24,26,29-30H,5-7,10,12-17H2,1-4H3/t19?,21-,22+,23?,24-,26+/m0/s1. The molecule has 5 nitrogen and oxygen atoms in total. The Balaban J connectivity index is 1.58. The van der Waals surface area contributed by atoms with E-state index in [2.05, 4.69) is 13.0 Å².